The van der Waals surface area contributed by atoms with Crippen LogP contribution in [0.2, 0.25) is 0 Å². The smallest absolute Gasteiger partial charge is 0.235 e. The first kappa shape index (κ1) is 21.4. The Morgan fingerprint density at radius 3 is 2.79 bits per heavy atom. The third-order valence-electron chi connectivity index (χ3n) is 7.21. The first-order chi connectivity index (χ1) is 16.0. The lowest BCUT2D eigenvalue weighted by Gasteiger charge is -2.42. The standard InChI is InChI=1S/C25H30N6O2/c1-17-9-12-31(15-21(17)29(2)23-19-8-11-26-22(19)27-16-28-23)25(33)20-10-13-30(24(20)32)14-18-6-4-3-5-7-18/h3-8,11,16-17,20-21H,9-10,12-15H2,1-2H3,(H,26,27,28)/t17-,20?,21+/m1/s1. The van der Waals surface area contributed by atoms with Crippen molar-refractivity contribution < 1.29 is 9.59 Å². The van der Waals surface area contributed by atoms with Gasteiger partial charge in [-0.3, -0.25) is 9.59 Å². The van der Waals surface area contributed by atoms with Gasteiger partial charge in [-0.05, 0) is 30.4 Å². The minimum Gasteiger partial charge on any atom is -0.354 e. The van der Waals surface area contributed by atoms with Crippen molar-refractivity contribution in [2.24, 2.45) is 11.8 Å². The van der Waals surface area contributed by atoms with Crippen LogP contribution in [0.3, 0.4) is 0 Å². The molecule has 0 saturated carbocycles. The van der Waals surface area contributed by atoms with Crippen molar-refractivity contribution >= 4 is 28.7 Å². The Bertz CT molecular complexity index is 1150. The topological polar surface area (TPSA) is 85.4 Å². The first-order valence-electron chi connectivity index (χ1n) is 11.7. The Morgan fingerprint density at radius 1 is 1.15 bits per heavy atom. The fourth-order valence-corrected chi connectivity index (χ4v) is 5.20. The molecule has 0 aliphatic carbocycles. The van der Waals surface area contributed by atoms with Gasteiger partial charge in [-0.2, -0.15) is 0 Å². The molecule has 4 heterocycles. The molecule has 3 atom stereocenters. The zero-order valence-corrected chi connectivity index (χ0v) is 19.1. The highest BCUT2D eigenvalue weighted by molar-refractivity contribution is 6.01. The van der Waals surface area contributed by atoms with E-state index in [1.54, 1.807) is 6.33 Å². The SMILES string of the molecule is C[C@@H]1CCN(C(=O)C2CCN(Cc3ccccc3)C2=O)C[C@@H]1N(C)c1ncnc2[nH]ccc12. The molecule has 2 saturated heterocycles. The molecule has 2 aliphatic heterocycles. The maximum atomic E-state index is 13.4. The first-order valence-corrected chi connectivity index (χ1v) is 11.7. The molecule has 0 bridgehead atoms. The normalized spacial score (nSPS) is 23.3. The Kier molecular flexibility index (Phi) is 5.74. The number of hydrogen-bond acceptors (Lipinski definition) is 5. The zero-order valence-electron chi connectivity index (χ0n) is 19.1. The van der Waals surface area contributed by atoms with Gasteiger partial charge >= 0.3 is 0 Å². The molecule has 2 aliphatic rings. The van der Waals surface area contributed by atoms with Crippen molar-refractivity contribution in [3.05, 3.63) is 54.5 Å². The highest BCUT2D eigenvalue weighted by atomic mass is 16.2. The molecule has 172 valence electrons. The molecule has 1 N–H and O–H groups in total. The van der Waals surface area contributed by atoms with Crippen LogP contribution in [0.15, 0.2) is 48.9 Å². The minimum absolute atomic E-state index is 0.0321. The number of piperidine rings is 1. The molecule has 1 unspecified atom stereocenters. The third-order valence-corrected chi connectivity index (χ3v) is 7.21. The van der Waals surface area contributed by atoms with Crippen molar-refractivity contribution in [3.63, 3.8) is 0 Å². The number of carbonyl (C=O) groups is 2. The Labute approximate surface area is 193 Å². The molecule has 2 amide bonds. The largest absolute Gasteiger partial charge is 0.354 e. The Morgan fingerprint density at radius 2 is 1.97 bits per heavy atom. The van der Waals surface area contributed by atoms with Crippen LogP contribution in [0.5, 0.6) is 0 Å². The van der Waals surface area contributed by atoms with Crippen LogP contribution < -0.4 is 4.90 Å². The van der Waals surface area contributed by atoms with Crippen LogP contribution in [0.25, 0.3) is 11.0 Å². The maximum Gasteiger partial charge on any atom is 0.235 e. The number of aromatic amines is 1. The summed E-state index contributed by atoms with van der Waals surface area (Å²) >= 11 is 0. The van der Waals surface area contributed by atoms with Gasteiger partial charge in [0.15, 0.2) is 0 Å². The van der Waals surface area contributed by atoms with E-state index in [9.17, 15) is 9.59 Å². The average Bonchev–Trinajstić information content (AvgIpc) is 3.46. The van der Waals surface area contributed by atoms with Gasteiger partial charge in [0.1, 0.15) is 23.7 Å². The zero-order chi connectivity index (χ0) is 22.9. The van der Waals surface area contributed by atoms with Crippen molar-refractivity contribution in [3.8, 4) is 0 Å². The maximum absolute atomic E-state index is 13.4. The molecule has 5 rings (SSSR count). The summed E-state index contributed by atoms with van der Waals surface area (Å²) in [5.74, 6) is 0.617. The number of benzene rings is 1. The number of nitrogens with one attached hydrogen (secondary N) is 1. The Balaban J connectivity index is 1.28. The molecule has 2 fully saturated rings. The van der Waals surface area contributed by atoms with Gasteiger partial charge in [0.05, 0.1) is 11.4 Å². The quantitative estimate of drug-likeness (QED) is 0.609. The van der Waals surface area contributed by atoms with E-state index in [1.807, 2.05) is 59.4 Å². The molecule has 0 radical (unpaired) electrons. The second-order valence-corrected chi connectivity index (χ2v) is 9.25. The number of likely N-dealkylation sites (tertiary alicyclic amines) is 2. The fraction of sp³-hybridized carbons (Fsp3) is 0.440. The predicted octanol–water partition coefficient (Wildman–Crippen LogP) is 2.68. The second-order valence-electron chi connectivity index (χ2n) is 9.25. The molecular formula is C25H30N6O2. The average molecular weight is 447 g/mol. The number of carbonyl (C=O) groups excluding carboxylic acids is 2. The minimum atomic E-state index is -0.566. The van der Waals surface area contributed by atoms with Crippen molar-refractivity contribution in [1.29, 1.82) is 0 Å². The summed E-state index contributed by atoms with van der Waals surface area (Å²) in [6.07, 6.45) is 4.92. The van der Waals surface area contributed by atoms with Crippen LogP contribution >= 0.6 is 0 Å². The van der Waals surface area contributed by atoms with Gasteiger partial charge in [0.25, 0.3) is 0 Å². The van der Waals surface area contributed by atoms with Gasteiger partial charge in [-0.15, -0.1) is 0 Å². The summed E-state index contributed by atoms with van der Waals surface area (Å²) in [4.78, 5) is 44.3. The molecular weight excluding hydrogens is 416 g/mol. The summed E-state index contributed by atoms with van der Waals surface area (Å²) in [5.41, 5.74) is 1.90. The van der Waals surface area contributed by atoms with Gasteiger partial charge < -0.3 is 19.7 Å². The third kappa shape index (κ3) is 4.05. The predicted molar refractivity (Wildman–Crippen MR) is 126 cm³/mol. The summed E-state index contributed by atoms with van der Waals surface area (Å²) in [7, 11) is 2.03. The summed E-state index contributed by atoms with van der Waals surface area (Å²) < 4.78 is 0. The van der Waals surface area contributed by atoms with Crippen LogP contribution in [0, 0.1) is 11.8 Å². The number of hydrogen-bond donors (Lipinski definition) is 1. The number of aromatic nitrogens is 3. The van der Waals surface area contributed by atoms with E-state index >= 15 is 0 Å². The monoisotopic (exact) mass is 446 g/mol. The lowest BCUT2D eigenvalue weighted by molar-refractivity contribution is -0.144. The number of nitrogens with zero attached hydrogens (tertiary/aromatic N) is 5. The second kappa shape index (κ2) is 8.84. The Hall–Kier alpha value is -3.42. The number of H-pyrrole nitrogens is 1. The lowest BCUT2D eigenvalue weighted by atomic mass is 9.91. The molecule has 0 spiro atoms. The number of rotatable bonds is 5. The van der Waals surface area contributed by atoms with Gasteiger partial charge in [0.2, 0.25) is 11.8 Å². The summed E-state index contributed by atoms with van der Waals surface area (Å²) in [6, 6.07) is 12.1. The molecule has 33 heavy (non-hydrogen) atoms. The highest BCUT2D eigenvalue weighted by Crippen LogP contribution is 2.30. The molecule has 1 aromatic carbocycles. The van der Waals surface area contributed by atoms with E-state index in [-0.39, 0.29) is 17.9 Å². The number of likely N-dealkylation sites (N-methyl/N-ethyl adjacent to an activating group) is 1. The number of anilines is 1. The van der Waals surface area contributed by atoms with Gasteiger partial charge in [0, 0.05) is 39.4 Å². The van der Waals surface area contributed by atoms with Crippen molar-refractivity contribution in [2.75, 3.05) is 31.6 Å². The molecule has 8 nitrogen and oxygen atoms in total. The molecule has 8 heteroatoms. The summed E-state index contributed by atoms with van der Waals surface area (Å²) in [6.45, 7) is 4.70. The van der Waals surface area contributed by atoms with Crippen LogP contribution in [-0.4, -0.2) is 69.3 Å². The van der Waals surface area contributed by atoms with E-state index in [1.165, 1.54) is 0 Å². The molecule has 3 aromatic rings. The van der Waals surface area contributed by atoms with Crippen LogP contribution in [0.4, 0.5) is 5.82 Å². The van der Waals surface area contributed by atoms with Gasteiger partial charge in [-0.25, -0.2) is 9.97 Å². The van der Waals surface area contributed by atoms with E-state index in [2.05, 4.69) is 26.8 Å². The van der Waals surface area contributed by atoms with E-state index in [4.69, 9.17) is 0 Å². The highest BCUT2D eigenvalue weighted by Gasteiger charge is 2.41. The summed E-state index contributed by atoms with van der Waals surface area (Å²) in [5, 5.41) is 0.971. The van der Waals surface area contributed by atoms with E-state index in [0.717, 1.165) is 28.8 Å². The van der Waals surface area contributed by atoms with Crippen LogP contribution in [-0.2, 0) is 16.1 Å². The van der Waals surface area contributed by atoms with Crippen molar-refractivity contribution in [1.82, 2.24) is 24.8 Å². The van der Waals surface area contributed by atoms with Gasteiger partial charge in [-0.1, -0.05) is 37.3 Å². The number of fused-ring (bicyclic) bond motifs is 1. The van der Waals surface area contributed by atoms with E-state index < -0.39 is 5.92 Å². The fourth-order valence-electron chi connectivity index (χ4n) is 5.20. The van der Waals surface area contributed by atoms with E-state index in [0.29, 0.717) is 38.5 Å². The van der Waals surface area contributed by atoms with Crippen LogP contribution in [0.1, 0.15) is 25.3 Å². The lowest BCUT2D eigenvalue weighted by Crippen LogP contribution is -2.54. The molecule has 2 aromatic heterocycles. The number of amides is 2. The van der Waals surface area contributed by atoms with Crippen molar-refractivity contribution in [2.45, 2.75) is 32.4 Å².